The Hall–Kier alpha value is -1.03. The standard InChI is InChI=1S/C15H20F3N/c1-3-8-19-10-13-9-14(13,2)11-4-6-12(7-5-11)15(16,17)18/h4-7,13,19H,3,8-10H2,1-2H3. The molecule has 1 fully saturated rings. The average molecular weight is 271 g/mol. The Morgan fingerprint density at radius 3 is 2.42 bits per heavy atom. The average Bonchev–Trinajstić information content (AvgIpc) is 3.01. The third-order valence-electron chi connectivity index (χ3n) is 4.10. The van der Waals surface area contributed by atoms with Gasteiger partial charge in [-0.05, 0) is 55.0 Å². The van der Waals surface area contributed by atoms with Gasteiger partial charge in [-0.2, -0.15) is 13.2 Å². The van der Waals surface area contributed by atoms with Crippen molar-refractivity contribution in [3.05, 3.63) is 35.4 Å². The summed E-state index contributed by atoms with van der Waals surface area (Å²) < 4.78 is 37.5. The molecule has 1 saturated carbocycles. The minimum Gasteiger partial charge on any atom is -0.316 e. The lowest BCUT2D eigenvalue weighted by Crippen LogP contribution is -2.21. The molecule has 0 heterocycles. The van der Waals surface area contributed by atoms with Crippen LogP contribution in [0.3, 0.4) is 0 Å². The molecule has 0 aromatic heterocycles. The summed E-state index contributed by atoms with van der Waals surface area (Å²) in [5.41, 5.74) is 0.496. The summed E-state index contributed by atoms with van der Waals surface area (Å²) in [7, 11) is 0. The molecule has 2 unspecified atom stereocenters. The molecule has 4 heteroatoms. The molecule has 19 heavy (non-hydrogen) atoms. The van der Waals surface area contributed by atoms with E-state index in [-0.39, 0.29) is 5.41 Å². The quantitative estimate of drug-likeness (QED) is 0.799. The Bertz CT molecular complexity index is 424. The Labute approximate surface area is 112 Å². The van der Waals surface area contributed by atoms with Gasteiger partial charge in [-0.1, -0.05) is 26.0 Å². The van der Waals surface area contributed by atoms with Crippen LogP contribution in [0.4, 0.5) is 13.2 Å². The van der Waals surface area contributed by atoms with Crippen molar-refractivity contribution >= 4 is 0 Å². The first kappa shape index (κ1) is 14.4. The minimum atomic E-state index is -4.24. The maximum Gasteiger partial charge on any atom is 0.416 e. The highest BCUT2D eigenvalue weighted by Gasteiger charge is 2.50. The van der Waals surface area contributed by atoms with E-state index >= 15 is 0 Å². The van der Waals surface area contributed by atoms with Crippen molar-refractivity contribution in [3.63, 3.8) is 0 Å². The fraction of sp³-hybridized carbons (Fsp3) is 0.600. The van der Waals surface area contributed by atoms with Gasteiger partial charge in [0.2, 0.25) is 0 Å². The molecular weight excluding hydrogens is 251 g/mol. The molecule has 1 N–H and O–H groups in total. The second-order valence-electron chi connectivity index (χ2n) is 5.60. The van der Waals surface area contributed by atoms with Crippen molar-refractivity contribution in [1.82, 2.24) is 5.32 Å². The van der Waals surface area contributed by atoms with E-state index in [1.165, 1.54) is 12.1 Å². The predicted molar refractivity (Wildman–Crippen MR) is 70.1 cm³/mol. The third kappa shape index (κ3) is 3.11. The zero-order valence-electron chi connectivity index (χ0n) is 11.3. The number of nitrogens with one attached hydrogen (secondary N) is 1. The zero-order chi connectivity index (χ0) is 14.1. The predicted octanol–water partition coefficient (Wildman–Crippen LogP) is 3.98. The molecule has 1 aromatic rings. The number of rotatable bonds is 5. The van der Waals surface area contributed by atoms with Gasteiger partial charge in [0.25, 0.3) is 0 Å². The van der Waals surface area contributed by atoms with Gasteiger partial charge >= 0.3 is 6.18 Å². The van der Waals surface area contributed by atoms with Crippen molar-refractivity contribution in [1.29, 1.82) is 0 Å². The first-order valence-corrected chi connectivity index (χ1v) is 6.76. The normalized spacial score (nSPS) is 26.5. The van der Waals surface area contributed by atoms with Gasteiger partial charge in [0.15, 0.2) is 0 Å². The molecular formula is C15H20F3N. The van der Waals surface area contributed by atoms with Crippen LogP contribution in [0.1, 0.15) is 37.8 Å². The molecule has 1 aromatic carbocycles. The van der Waals surface area contributed by atoms with Crippen molar-refractivity contribution < 1.29 is 13.2 Å². The molecule has 1 aliphatic carbocycles. The molecule has 2 rings (SSSR count). The lowest BCUT2D eigenvalue weighted by Gasteiger charge is -2.14. The van der Waals surface area contributed by atoms with Gasteiger partial charge in [0, 0.05) is 0 Å². The number of hydrogen-bond donors (Lipinski definition) is 1. The van der Waals surface area contributed by atoms with Gasteiger partial charge in [0.05, 0.1) is 5.56 Å². The largest absolute Gasteiger partial charge is 0.416 e. The van der Waals surface area contributed by atoms with E-state index in [9.17, 15) is 13.2 Å². The minimum absolute atomic E-state index is 0.0465. The summed E-state index contributed by atoms with van der Waals surface area (Å²) in [5.74, 6) is 0.538. The summed E-state index contributed by atoms with van der Waals surface area (Å²) in [6, 6.07) is 5.64. The van der Waals surface area contributed by atoms with Crippen LogP contribution in [0.15, 0.2) is 24.3 Å². The number of hydrogen-bond acceptors (Lipinski definition) is 1. The van der Waals surface area contributed by atoms with E-state index < -0.39 is 11.7 Å². The Morgan fingerprint density at radius 1 is 1.26 bits per heavy atom. The fourth-order valence-electron chi connectivity index (χ4n) is 2.60. The summed E-state index contributed by atoms with van der Waals surface area (Å²) >= 11 is 0. The molecule has 0 radical (unpaired) electrons. The highest BCUT2D eigenvalue weighted by Crippen LogP contribution is 2.53. The molecule has 1 aliphatic rings. The topological polar surface area (TPSA) is 12.0 Å². The highest BCUT2D eigenvalue weighted by atomic mass is 19.4. The molecule has 0 spiro atoms. The van der Waals surface area contributed by atoms with Crippen LogP contribution in [-0.4, -0.2) is 13.1 Å². The highest BCUT2D eigenvalue weighted by molar-refractivity contribution is 5.35. The van der Waals surface area contributed by atoms with Gasteiger partial charge in [-0.15, -0.1) is 0 Å². The first-order valence-electron chi connectivity index (χ1n) is 6.76. The van der Waals surface area contributed by atoms with Crippen LogP contribution in [-0.2, 0) is 11.6 Å². The van der Waals surface area contributed by atoms with Gasteiger partial charge in [0.1, 0.15) is 0 Å². The maximum absolute atomic E-state index is 12.5. The van der Waals surface area contributed by atoms with Crippen LogP contribution in [0.5, 0.6) is 0 Å². The summed E-state index contributed by atoms with van der Waals surface area (Å²) in [4.78, 5) is 0. The van der Waals surface area contributed by atoms with Crippen molar-refractivity contribution in [2.45, 2.75) is 38.3 Å². The van der Waals surface area contributed by atoms with Crippen LogP contribution in [0.2, 0.25) is 0 Å². The van der Waals surface area contributed by atoms with Gasteiger partial charge in [-0.3, -0.25) is 0 Å². The molecule has 0 amide bonds. The summed E-state index contributed by atoms with van der Waals surface area (Å²) in [6.07, 6.45) is -2.09. The van der Waals surface area contributed by atoms with Crippen LogP contribution >= 0.6 is 0 Å². The smallest absolute Gasteiger partial charge is 0.316 e. The SMILES string of the molecule is CCCNCC1CC1(C)c1ccc(C(F)(F)F)cc1. The van der Waals surface area contributed by atoms with Crippen LogP contribution in [0, 0.1) is 5.92 Å². The van der Waals surface area contributed by atoms with Crippen molar-refractivity contribution in [2.24, 2.45) is 5.92 Å². The van der Waals surface area contributed by atoms with E-state index in [4.69, 9.17) is 0 Å². The summed E-state index contributed by atoms with van der Waals surface area (Å²) in [6.45, 7) is 6.20. The van der Waals surface area contributed by atoms with Crippen LogP contribution < -0.4 is 5.32 Å². The van der Waals surface area contributed by atoms with Crippen LogP contribution in [0.25, 0.3) is 0 Å². The second kappa shape index (κ2) is 5.16. The van der Waals surface area contributed by atoms with E-state index in [2.05, 4.69) is 19.2 Å². The summed E-state index contributed by atoms with van der Waals surface area (Å²) in [5, 5.41) is 3.38. The zero-order valence-corrected chi connectivity index (χ0v) is 11.3. The van der Waals surface area contributed by atoms with Gasteiger partial charge < -0.3 is 5.32 Å². The van der Waals surface area contributed by atoms with Crippen molar-refractivity contribution in [3.8, 4) is 0 Å². The van der Waals surface area contributed by atoms with E-state index in [0.717, 1.165) is 31.5 Å². The van der Waals surface area contributed by atoms with Crippen molar-refractivity contribution in [2.75, 3.05) is 13.1 Å². The Kier molecular flexibility index (Phi) is 3.90. The maximum atomic E-state index is 12.5. The monoisotopic (exact) mass is 271 g/mol. The Morgan fingerprint density at radius 2 is 1.89 bits per heavy atom. The molecule has 106 valence electrons. The second-order valence-corrected chi connectivity index (χ2v) is 5.60. The third-order valence-corrected chi connectivity index (χ3v) is 4.10. The lowest BCUT2D eigenvalue weighted by atomic mass is 9.94. The molecule has 1 nitrogen and oxygen atoms in total. The molecule has 2 atom stereocenters. The molecule has 0 aliphatic heterocycles. The van der Waals surface area contributed by atoms with E-state index in [0.29, 0.717) is 5.92 Å². The Balaban J connectivity index is 2.00. The lowest BCUT2D eigenvalue weighted by molar-refractivity contribution is -0.137. The first-order chi connectivity index (χ1) is 8.88. The number of halogens is 3. The number of alkyl halides is 3. The molecule has 0 bridgehead atoms. The number of benzene rings is 1. The van der Waals surface area contributed by atoms with E-state index in [1.807, 2.05) is 0 Å². The van der Waals surface area contributed by atoms with E-state index in [1.54, 1.807) is 12.1 Å². The fourth-order valence-corrected chi connectivity index (χ4v) is 2.60. The molecule has 0 saturated heterocycles. The van der Waals surface area contributed by atoms with Gasteiger partial charge in [-0.25, -0.2) is 0 Å².